The van der Waals surface area contributed by atoms with E-state index in [1.54, 1.807) is 12.1 Å². The lowest BCUT2D eigenvalue weighted by atomic mass is 10.1. The minimum atomic E-state index is -3.65. The molecule has 0 spiro atoms. The van der Waals surface area contributed by atoms with Gasteiger partial charge in [-0.05, 0) is 24.1 Å². The molecule has 4 nitrogen and oxygen atoms in total. The molecule has 0 aliphatic carbocycles. The van der Waals surface area contributed by atoms with Gasteiger partial charge in [-0.25, -0.2) is 5.14 Å². The number of anilines is 1. The van der Waals surface area contributed by atoms with Crippen molar-refractivity contribution in [3.05, 3.63) is 29.8 Å². The first-order valence-corrected chi connectivity index (χ1v) is 5.95. The SMILES string of the molecule is CCCc1ccc(NS(N)(=O)=O)cc1. The van der Waals surface area contributed by atoms with Crippen molar-refractivity contribution < 1.29 is 8.42 Å². The molecule has 0 aromatic heterocycles. The highest BCUT2D eigenvalue weighted by Crippen LogP contribution is 2.11. The zero-order valence-electron chi connectivity index (χ0n) is 8.03. The Kier molecular flexibility index (Phi) is 3.49. The summed E-state index contributed by atoms with van der Waals surface area (Å²) in [5.74, 6) is 0. The number of hydrogen-bond acceptors (Lipinski definition) is 2. The number of nitrogens with one attached hydrogen (secondary N) is 1. The van der Waals surface area contributed by atoms with Gasteiger partial charge in [-0.3, -0.25) is 4.72 Å². The van der Waals surface area contributed by atoms with Crippen molar-refractivity contribution in [3.8, 4) is 0 Å². The third-order valence-corrected chi connectivity index (χ3v) is 2.27. The van der Waals surface area contributed by atoms with Gasteiger partial charge in [-0.1, -0.05) is 25.5 Å². The van der Waals surface area contributed by atoms with Gasteiger partial charge in [-0.2, -0.15) is 8.42 Å². The van der Waals surface area contributed by atoms with Crippen LogP contribution in [0.15, 0.2) is 24.3 Å². The van der Waals surface area contributed by atoms with Crippen molar-refractivity contribution in [3.63, 3.8) is 0 Å². The first kappa shape index (κ1) is 11.0. The second kappa shape index (κ2) is 4.43. The Morgan fingerprint density at radius 3 is 2.29 bits per heavy atom. The highest BCUT2D eigenvalue weighted by atomic mass is 32.2. The van der Waals surface area contributed by atoms with Gasteiger partial charge in [0.2, 0.25) is 0 Å². The van der Waals surface area contributed by atoms with Crippen LogP contribution in [-0.4, -0.2) is 8.42 Å². The molecule has 0 aliphatic rings. The van der Waals surface area contributed by atoms with E-state index in [9.17, 15) is 8.42 Å². The molecule has 0 fully saturated rings. The van der Waals surface area contributed by atoms with Crippen LogP contribution < -0.4 is 9.86 Å². The maximum atomic E-state index is 10.7. The molecule has 0 bridgehead atoms. The van der Waals surface area contributed by atoms with Crippen LogP contribution in [0.1, 0.15) is 18.9 Å². The number of aryl methyl sites for hydroxylation is 1. The van der Waals surface area contributed by atoms with Gasteiger partial charge >= 0.3 is 0 Å². The fraction of sp³-hybridized carbons (Fsp3) is 0.333. The summed E-state index contributed by atoms with van der Waals surface area (Å²) in [5, 5.41) is 4.83. The minimum absolute atomic E-state index is 0.493. The van der Waals surface area contributed by atoms with Crippen LogP contribution in [0.5, 0.6) is 0 Å². The van der Waals surface area contributed by atoms with Crippen molar-refractivity contribution in [2.24, 2.45) is 5.14 Å². The number of benzene rings is 1. The normalized spacial score (nSPS) is 11.3. The average molecular weight is 214 g/mol. The maximum absolute atomic E-state index is 10.7. The van der Waals surface area contributed by atoms with Gasteiger partial charge in [0.25, 0.3) is 10.2 Å². The van der Waals surface area contributed by atoms with Crippen molar-refractivity contribution in [2.75, 3.05) is 4.72 Å². The van der Waals surface area contributed by atoms with E-state index in [1.165, 1.54) is 5.56 Å². The van der Waals surface area contributed by atoms with Gasteiger partial charge in [-0.15, -0.1) is 0 Å². The molecule has 1 aromatic carbocycles. The fourth-order valence-electron chi connectivity index (χ4n) is 1.19. The number of rotatable bonds is 4. The Hall–Kier alpha value is -1.07. The summed E-state index contributed by atoms with van der Waals surface area (Å²) in [6.07, 6.45) is 2.07. The first-order valence-electron chi connectivity index (χ1n) is 4.41. The van der Waals surface area contributed by atoms with Crippen LogP contribution in [0, 0.1) is 0 Å². The van der Waals surface area contributed by atoms with Crippen LogP contribution in [-0.2, 0) is 16.6 Å². The van der Waals surface area contributed by atoms with E-state index in [2.05, 4.69) is 11.6 Å². The van der Waals surface area contributed by atoms with Crippen LogP contribution >= 0.6 is 0 Å². The first-order chi connectivity index (χ1) is 6.51. The quantitative estimate of drug-likeness (QED) is 0.791. The zero-order valence-corrected chi connectivity index (χ0v) is 8.84. The Morgan fingerprint density at radius 2 is 1.86 bits per heavy atom. The Labute approximate surface area is 84.3 Å². The molecule has 0 atom stereocenters. The molecule has 5 heteroatoms. The van der Waals surface area contributed by atoms with Crippen molar-refractivity contribution >= 4 is 15.9 Å². The number of hydrogen-bond donors (Lipinski definition) is 2. The summed E-state index contributed by atoms with van der Waals surface area (Å²) in [5.41, 5.74) is 1.68. The average Bonchev–Trinajstić information content (AvgIpc) is 2.06. The second-order valence-corrected chi connectivity index (χ2v) is 4.39. The molecular formula is C9H14N2O2S. The largest absolute Gasteiger partial charge is 0.296 e. The molecule has 78 valence electrons. The molecule has 1 rings (SSSR count). The van der Waals surface area contributed by atoms with Crippen LogP contribution in [0.2, 0.25) is 0 Å². The second-order valence-electron chi connectivity index (χ2n) is 3.09. The third-order valence-electron chi connectivity index (χ3n) is 1.75. The molecule has 0 saturated heterocycles. The summed E-state index contributed by atoms with van der Waals surface area (Å²) in [6, 6.07) is 7.18. The van der Waals surface area contributed by atoms with E-state index >= 15 is 0 Å². The zero-order chi connectivity index (χ0) is 10.6. The van der Waals surface area contributed by atoms with Crippen LogP contribution in [0.3, 0.4) is 0 Å². The molecule has 0 saturated carbocycles. The lowest BCUT2D eigenvalue weighted by Gasteiger charge is -2.04. The predicted octanol–water partition coefficient (Wildman–Crippen LogP) is 1.25. The molecule has 0 aliphatic heterocycles. The van der Waals surface area contributed by atoms with E-state index in [0.717, 1.165) is 12.8 Å². The summed E-state index contributed by atoms with van der Waals surface area (Å²) < 4.78 is 23.6. The molecule has 0 unspecified atom stereocenters. The summed E-state index contributed by atoms with van der Waals surface area (Å²) in [7, 11) is -3.65. The van der Waals surface area contributed by atoms with Crippen LogP contribution in [0.4, 0.5) is 5.69 Å². The van der Waals surface area contributed by atoms with E-state index in [1.807, 2.05) is 12.1 Å². The fourth-order valence-corrected chi connectivity index (χ4v) is 1.66. The molecule has 0 heterocycles. The van der Waals surface area contributed by atoms with Gasteiger partial charge in [0.15, 0.2) is 0 Å². The summed E-state index contributed by atoms with van der Waals surface area (Å²) in [6.45, 7) is 2.09. The molecule has 1 aromatic rings. The maximum Gasteiger partial charge on any atom is 0.296 e. The summed E-state index contributed by atoms with van der Waals surface area (Å²) >= 11 is 0. The lowest BCUT2D eigenvalue weighted by molar-refractivity contribution is 0.603. The molecule has 3 N–H and O–H groups in total. The lowest BCUT2D eigenvalue weighted by Crippen LogP contribution is -2.21. The molecule has 14 heavy (non-hydrogen) atoms. The molecular weight excluding hydrogens is 200 g/mol. The smallest absolute Gasteiger partial charge is 0.271 e. The van der Waals surface area contributed by atoms with E-state index < -0.39 is 10.2 Å². The summed E-state index contributed by atoms with van der Waals surface area (Å²) in [4.78, 5) is 0. The van der Waals surface area contributed by atoms with Crippen molar-refractivity contribution in [1.29, 1.82) is 0 Å². The highest BCUT2D eigenvalue weighted by Gasteiger charge is 2.01. The standard InChI is InChI=1S/C9H14N2O2S/c1-2-3-8-4-6-9(7-5-8)11-14(10,12)13/h4-7,11H,2-3H2,1H3,(H2,10,12,13). The third kappa shape index (κ3) is 3.76. The Balaban J connectivity index is 2.74. The Morgan fingerprint density at radius 1 is 1.29 bits per heavy atom. The van der Waals surface area contributed by atoms with E-state index in [-0.39, 0.29) is 0 Å². The van der Waals surface area contributed by atoms with Gasteiger partial charge in [0.05, 0.1) is 0 Å². The van der Waals surface area contributed by atoms with Gasteiger partial charge < -0.3 is 0 Å². The van der Waals surface area contributed by atoms with Gasteiger partial charge in [0.1, 0.15) is 0 Å². The number of nitrogens with two attached hydrogens (primary N) is 1. The minimum Gasteiger partial charge on any atom is -0.271 e. The predicted molar refractivity (Wildman–Crippen MR) is 57.2 cm³/mol. The van der Waals surface area contributed by atoms with Gasteiger partial charge in [0, 0.05) is 5.69 Å². The van der Waals surface area contributed by atoms with E-state index in [0.29, 0.717) is 5.69 Å². The van der Waals surface area contributed by atoms with Crippen LogP contribution in [0.25, 0.3) is 0 Å². The van der Waals surface area contributed by atoms with Crippen molar-refractivity contribution in [2.45, 2.75) is 19.8 Å². The Bertz CT molecular complexity index is 384. The molecule has 0 radical (unpaired) electrons. The topological polar surface area (TPSA) is 72.2 Å². The van der Waals surface area contributed by atoms with E-state index in [4.69, 9.17) is 5.14 Å². The monoisotopic (exact) mass is 214 g/mol. The van der Waals surface area contributed by atoms with Crippen molar-refractivity contribution in [1.82, 2.24) is 0 Å². The highest BCUT2D eigenvalue weighted by molar-refractivity contribution is 7.90. The molecule has 0 amide bonds.